The highest BCUT2D eigenvalue weighted by Crippen LogP contribution is 2.37. The van der Waals surface area contributed by atoms with Crippen LogP contribution in [0.5, 0.6) is 11.5 Å². The molecule has 0 bridgehead atoms. The summed E-state index contributed by atoms with van der Waals surface area (Å²) in [5.41, 5.74) is 1.61. The van der Waals surface area contributed by atoms with Gasteiger partial charge in [0.2, 0.25) is 0 Å². The number of rotatable bonds is 1. The number of hydrogen-bond acceptors (Lipinski definition) is 2. The van der Waals surface area contributed by atoms with E-state index < -0.39 is 5.97 Å². The molecule has 3 heteroatoms. The lowest BCUT2D eigenvalue weighted by atomic mass is 10.0. The van der Waals surface area contributed by atoms with E-state index in [2.05, 4.69) is 0 Å². The van der Waals surface area contributed by atoms with E-state index in [1.54, 1.807) is 24.3 Å². The first-order chi connectivity index (χ1) is 8.75. The minimum absolute atomic E-state index is 0.246. The minimum atomic E-state index is -0.956. The summed E-state index contributed by atoms with van der Waals surface area (Å²) in [4.78, 5) is 11.4. The number of carboxylic acid groups (broad SMARTS) is 1. The highest BCUT2D eigenvalue weighted by molar-refractivity contribution is 6.21. The maximum atomic E-state index is 11.4. The second kappa shape index (κ2) is 4.04. The van der Waals surface area contributed by atoms with Crippen LogP contribution in [0, 0.1) is 0 Å². The van der Waals surface area contributed by atoms with Gasteiger partial charge in [-0.1, -0.05) is 36.4 Å². The maximum absolute atomic E-state index is 11.4. The van der Waals surface area contributed by atoms with Gasteiger partial charge in [0, 0.05) is 11.1 Å². The summed E-state index contributed by atoms with van der Waals surface area (Å²) < 4.78 is 5.77. The first-order valence-corrected chi connectivity index (χ1v) is 5.57. The van der Waals surface area contributed by atoms with E-state index in [1.165, 1.54) is 0 Å². The lowest BCUT2D eigenvalue weighted by Crippen LogP contribution is -1.99. The van der Waals surface area contributed by atoms with Crippen molar-refractivity contribution in [1.82, 2.24) is 0 Å². The van der Waals surface area contributed by atoms with Crippen LogP contribution < -0.4 is 4.74 Å². The lowest BCUT2D eigenvalue weighted by Gasteiger charge is -2.08. The molecule has 1 N–H and O–H groups in total. The Bertz CT molecular complexity index is 656. The van der Waals surface area contributed by atoms with Gasteiger partial charge in [-0.05, 0) is 18.2 Å². The highest BCUT2D eigenvalue weighted by Gasteiger charge is 2.20. The van der Waals surface area contributed by atoms with Crippen molar-refractivity contribution in [1.29, 1.82) is 0 Å². The zero-order chi connectivity index (χ0) is 12.5. The summed E-state index contributed by atoms with van der Waals surface area (Å²) in [5.74, 6) is 0.278. The zero-order valence-corrected chi connectivity index (χ0v) is 9.46. The molecule has 0 spiro atoms. The van der Waals surface area contributed by atoms with Crippen molar-refractivity contribution in [2.24, 2.45) is 0 Å². The van der Waals surface area contributed by atoms with Gasteiger partial charge in [0.05, 0.1) is 5.57 Å². The fraction of sp³-hybridized carbons (Fsp3) is 0. The van der Waals surface area contributed by atoms with Crippen molar-refractivity contribution in [2.75, 3.05) is 0 Å². The predicted molar refractivity (Wildman–Crippen MR) is 68.5 cm³/mol. The Morgan fingerprint density at radius 3 is 2.39 bits per heavy atom. The van der Waals surface area contributed by atoms with Gasteiger partial charge >= 0.3 is 5.97 Å². The second-order valence-electron chi connectivity index (χ2n) is 4.00. The fourth-order valence-electron chi connectivity index (χ4n) is 2.00. The Balaban J connectivity index is 2.29. The van der Waals surface area contributed by atoms with Crippen molar-refractivity contribution in [3.05, 3.63) is 59.7 Å². The number of aliphatic carboxylic acids is 1. The molecule has 2 aromatic rings. The van der Waals surface area contributed by atoms with Gasteiger partial charge in [0.15, 0.2) is 0 Å². The largest absolute Gasteiger partial charge is 0.478 e. The number of carbonyl (C=O) groups is 1. The Labute approximate surface area is 104 Å². The minimum Gasteiger partial charge on any atom is -0.478 e. The van der Waals surface area contributed by atoms with Crippen molar-refractivity contribution in [3.8, 4) is 11.5 Å². The number of para-hydroxylation sites is 2. The molecule has 2 aromatic carbocycles. The SMILES string of the molecule is O=C(O)C1=Cc2ccccc2Oc2ccccc21. The fourth-order valence-corrected chi connectivity index (χ4v) is 2.00. The van der Waals surface area contributed by atoms with Crippen molar-refractivity contribution in [3.63, 3.8) is 0 Å². The number of hydrogen-bond donors (Lipinski definition) is 1. The van der Waals surface area contributed by atoms with Crippen LogP contribution >= 0.6 is 0 Å². The van der Waals surface area contributed by atoms with Gasteiger partial charge in [-0.3, -0.25) is 0 Å². The number of fused-ring (bicyclic) bond motifs is 2. The summed E-state index contributed by atoms with van der Waals surface area (Å²) in [7, 11) is 0. The summed E-state index contributed by atoms with van der Waals surface area (Å²) >= 11 is 0. The van der Waals surface area contributed by atoms with E-state index >= 15 is 0 Å². The van der Waals surface area contributed by atoms with Crippen LogP contribution in [0.3, 0.4) is 0 Å². The van der Waals surface area contributed by atoms with E-state index in [0.29, 0.717) is 17.1 Å². The van der Waals surface area contributed by atoms with Gasteiger partial charge in [0.25, 0.3) is 0 Å². The molecule has 1 aliphatic heterocycles. The van der Waals surface area contributed by atoms with E-state index in [1.807, 2.05) is 30.3 Å². The monoisotopic (exact) mass is 238 g/mol. The van der Waals surface area contributed by atoms with Gasteiger partial charge in [0.1, 0.15) is 11.5 Å². The van der Waals surface area contributed by atoms with E-state index in [0.717, 1.165) is 5.56 Å². The summed E-state index contributed by atoms with van der Waals surface area (Å²) in [6.45, 7) is 0. The quantitative estimate of drug-likeness (QED) is 0.828. The van der Waals surface area contributed by atoms with Crippen LogP contribution in [0.1, 0.15) is 11.1 Å². The maximum Gasteiger partial charge on any atom is 0.336 e. The summed E-state index contributed by atoms with van der Waals surface area (Å²) in [6, 6.07) is 14.5. The third-order valence-electron chi connectivity index (χ3n) is 2.85. The van der Waals surface area contributed by atoms with Crippen LogP contribution in [0.2, 0.25) is 0 Å². The molecule has 88 valence electrons. The number of carboxylic acids is 1. The lowest BCUT2D eigenvalue weighted by molar-refractivity contribution is -0.130. The topological polar surface area (TPSA) is 46.5 Å². The zero-order valence-electron chi connectivity index (χ0n) is 9.46. The number of benzene rings is 2. The van der Waals surface area contributed by atoms with Crippen LogP contribution in [0.4, 0.5) is 0 Å². The van der Waals surface area contributed by atoms with Gasteiger partial charge in [-0.25, -0.2) is 4.79 Å². The van der Waals surface area contributed by atoms with Crippen molar-refractivity contribution < 1.29 is 14.6 Å². The standard InChI is InChI=1S/C15H10O3/c16-15(17)12-9-10-5-1-3-7-13(10)18-14-8-4-2-6-11(12)14/h1-9H,(H,16,17). The third-order valence-corrected chi connectivity index (χ3v) is 2.85. The van der Waals surface area contributed by atoms with E-state index in [-0.39, 0.29) is 5.57 Å². The molecule has 0 aromatic heterocycles. The third kappa shape index (κ3) is 1.66. The molecular weight excluding hydrogens is 228 g/mol. The normalized spacial score (nSPS) is 12.6. The molecule has 0 amide bonds. The molecule has 3 nitrogen and oxygen atoms in total. The number of ether oxygens (including phenoxy) is 1. The molecule has 0 saturated heterocycles. The van der Waals surface area contributed by atoms with Crippen molar-refractivity contribution >= 4 is 17.6 Å². The molecular formula is C15H10O3. The Hall–Kier alpha value is -2.55. The Morgan fingerprint density at radius 1 is 0.944 bits per heavy atom. The smallest absolute Gasteiger partial charge is 0.336 e. The Kier molecular flexibility index (Phi) is 2.38. The van der Waals surface area contributed by atoms with Crippen LogP contribution in [0.25, 0.3) is 11.6 Å². The molecule has 1 aliphatic rings. The molecule has 3 rings (SSSR count). The summed E-state index contributed by atoms with van der Waals surface area (Å²) in [5, 5.41) is 9.31. The predicted octanol–water partition coefficient (Wildman–Crippen LogP) is 3.42. The van der Waals surface area contributed by atoms with Crippen LogP contribution in [-0.2, 0) is 4.79 Å². The second-order valence-corrected chi connectivity index (χ2v) is 4.00. The average Bonchev–Trinajstić information content (AvgIpc) is 2.55. The van der Waals surface area contributed by atoms with Gasteiger partial charge in [-0.2, -0.15) is 0 Å². The van der Waals surface area contributed by atoms with Crippen LogP contribution in [-0.4, -0.2) is 11.1 Å². The first-order valence-electron chi connectivity index (χ1n) is 5.57. The Morgan fingerprint density at radius 2 is 1.61 bits per heavy atom. The molecule has 1 heterocycles. The summed E-state index contributed by atoms with van der Waals surface area (Å²) in [6.07, 6.45) is 1.64. The van der Waals surface area contributed by atoms with E-state index in [4.69, 9.17) is 4.74 Å². The molecule has 0 fully saturated rings. The first kappa shape index (κ1) is 10.6. The molecule has 0 aliphatic carbocycles. The molecule has 18 heavy (non-hydrogen) atoms. The highest BCUT2D eigenvalue weighted by atomic mass is 16.5. The molecule has 0 atom stereocenters. The van der Waals surface area contributed by atoms with Crippen molar-refractivity contribution in [2.45, 2.75) is 0 Å². The molecule has 0 radical (unpaired) electrons. The van der Waals surface area contributed by atoms with Gasteiger partial charge in [-0.15, -0.1) is 0 Å². The van der Waals surface area contributed by atoms with Crippen LogP contribution in [0.15, 0.2) is 48.5 Å². The van der Waals surface area contributed by atoms with E-state index in [9.17, 15) is 9.90 Å². The van der Waals surface area contributed by atoms with Gasteiger partial charge < -0.3 is 9.84 Å². The average molecular weight is 238 g/mol. The molecule has 0 saturated carbocycles. The molecule has 0 unspecified atom stereocenters.